The zero-order chi connectivity index (χ0) is 12.3. The van der Waals surface area contributed by atoms with Crippen LogP contribution in [-0.2, 0) is 0 Å². The summed E-state index contributed by atoms with van der Waals surface area (Å²) >= 11 is 8.02. The Morgan fingerprint density at radius 2 is 2.18 bits per heavy atom. The van der Waals surface area contributed by atoms with Crippen molar-refractivity contribution in [1.82, 2.24) is 9.97 Å². The summed E-state index contributed by atoms with van der Waals surface area (Å²) in [5, 5.41) is 12.4. The molecule has 0 amide bonds. The van der Waals surface area contributed by atoms with Gasteiger partial charge in [-0.05, 0) is 46.9 Å². The first-order valence-corrected chi connectivity index (χ1v) is 6.10. The molecule has 2 rings (SSSR count). The van der Waals surface area contributed by atoms with Crippen molar-refractivity contribution < 1.29 is 0 Å². The first-order valence-electron chi connectivity index (χ1n) is 4.64. The summed E-state index contributed by atoms with van der Waals surface area (Å²) in [6.45, 7) is 0. The average molecular weight is 357 g/mol. The van der Waals surface area contributed by atoms with Crippen molar-refractivity contribution in [2.24, 2.45) is 0 Å². The fourth-order valence-corrected chi connectivity index (χ4v) is 2.20. The number of nitriles is 1. The van der Waals surface area contributed by atoms with Gasteiger partial charge in [0.15, 0.2) is 0 Å². The van der Waals surface area contributed by atoms with Crippen molar-refractivity contribution in [3.05, 3.63) is 44.7 Å². The molecule has 1 heterocycles. The quantitative estimate of drug-likeness (QED) is 0.838. The SMILES string of the molecule is N#Cc1ccnc(Nc2ccc(Cl)cc2I)n1. The number of aromatic nitrogens is 2. The van der Waals surface area contributed by atoms with Crippen LogP contribution in [0.3, 0.4) is 0 Å². The smallest absolute Gasteiger partial charge is 0.228 e. The van der Waals surface area contributed by atoms with E-state index in [0.29, 0.717) is 16.7 Å². The van der Waals surface area contributed by atoms with E-state index in [4.69, 9.17) is 16.9 Å². The lowest BCUT2D eigenvalue weighted by atomic mass is 10.3. The molecule has 0 unspecified atom stereocenters. The number of anilines is 2. The van der Waals surface area contributed by atoms with Crippen LogP contribution in [-0.4, -0.2) is 9.97 Å². The van der Waals surface area contributed by atoms with E-state index in [-0.39, 0.29) is 0 Å². The minimum Gasteiger partial charge on any atom is -0.323 e. The van der Waals surface area contributed by atoms with E-state index in [0.717, 1.165) is 9.26 Å². The topological polar surface area (TPSA) is 61.6 Å². The van der Waals surface area contributed by atoms with Crippen LogP contribution in [0.1, 0.15) is 5.69 Å². The Morgan fingerprint density at radius 1 is 1.35 bits per heavy atom. The number of halogens is 2. The molecule has 0 aliphatic carbocycles. The van der Waals surface area contributed by atoms with Gasteiger partial charge >= 0.3 is 0 Å². The molecule has 0 atom stereocenters. The van der Waals surface area contributed by atoms with E-state index < -0.39 is 0 Å². The molecule has 0 bridgehead atoms. The van der Waals surface area contributed by atoms with E-state index in [1.165, 1.54) is 6.20 Å². The molecule has 4 nitrogen and oxygen atoms in total. The second-order valence-corrected chi connectivity index (χ2v) is 4.73. The number of hydrogen-bond acceptors (Lipinski definition) is 4. The van der Waals surface area contributed by atoms with Crippen LogP contribution in [0.15, 0.2) is 30.5 Å². The van der Waals surface area contributed by atoms with Gasteiger partial charge in [0.05, 0.1) is 5.69 Å². The summed E-state index contributed by atoms with van der Waals surface area (Å²) in [4.78, 5) is 8.07. The van der Waals surface area contributed by atoms with E-state index in [2.05, 4.69) is 37.9 Å². The average Bonchev–Trinajstić information content (AvgIpc) is 2.33. The number of rotatable bonds is 2. The molecule has 1 N–H and O–H groups in total. The Kier molecular flexibility index (Phi) is 3.76. The Labute approximate surface area is 117 Å². The van der Waals surface area contributed by atoms with Crippen LogP contribution >= 0.6 is 34.2 Å². The van der Waals surface area contributed by atoms with Gasteiger partial charge in [0.1, 0.15) is 11.8 Å². The molecule has 0 aliphatic heterocycles. The molecule has 0 radical (unpaired) electrons. The summed E-state index contributed by atoms with van der Waals surface area (Å²) in [6.07, 6.45) is 1.54. The number of nitrogens with zero attached hydrogens (tertiary/aromatic N) is 3. The molecule has 0 saturated heterocycles. The Morgan fingerprint density at radius 3 is 2.88 bits per heavy atom. The fraction of sp³-hybridized carbons (Fsp3) is 0. The maximum Gasteiger partial charge on any atom is 0.228 e. The molecule has 6 heteroatoms. The van der Waals surface area contributed by atoms with E-state index in [1.807, 2.05) is 18.2 Å². The van der Waals surface area contributed by atoms with Gasteiger partial charge in [0.25, 0.3) is 0 Å². The largest absolute Gasteiger partial charge is 0.323 e. The van der Waals surface area contributed by atoms with Gasteiger partial charge in [-0.2, -0.15) is 5.26 Å². The van der Waals surface area contributed by atoms with Gasteiger partial charge in [-0.15, -0.1) is 0 Å². The monoisotopic (exact) mass is 356 g/mol. The van der Waals surface area contributed by atoms with Crippen molar-refractivity contribution in [3.63, 3.8) is 0 Å². The highest BCUT2D eigenvalue weighted by atomic mass is 127. The molecule has 0 fully saturated rings. The lowest BCUT2D eigenvalue weighted by molar-refractivity contribution is 1.14. The molecule has 0 aliphatic rings. The van der Waals surface area contributed by atoms with Gasteiger partial charge in [-0.3, -0.25) is 0 Å². The maximum atomic E-state index is 8.73. The van der Waals surface area contributed by atoms with E-state index in [9.17, 15) is 0 Å². The van der Waals surface area contributed by atoms with Crippen LogP contribution in [0.5, 0.6) is 0 Å². The molecule has 1 aromatic carbocycles. The number of benzene rings is 1. The molecule has 1 aromatic heterocycles. The summed E-state index contributed by atoms with van der Waals surface area (Å²) in [5.74, 6) is 0.393. The van der Waals surface area contributed by atoms with Gasteiger partial charge in [0.2, 0.25) is 5.95 Å². The van der Waals surface area contributed by atoms with Crippen molar-refractivity contribution in [2.75, 3.05) is 5.32 Å². The predicted octanol–water partition coefficient (Wildman–Crippen LogP) is 3.35. The predicted molar refractivity (Wildman–Crippen MR) is 74.2 cm³/mol. The van der Waals surface area contributed by atoms with Gasteiger partial charge in [0, 0.05) is 14.8 Å². The first-order chi connectivity index (χ1) is 8.19. The van der Waals surface area contributed by atoms with Crippen molar-refractivity contribution in [2.45, 2.75) is 0 Å². The minimum atomic E-state index is 0.325. The molecule has 17 heavy (non-hydrogen) atoms. The second-order valence-electron chi connectivity index (χ2n) is 3.13. The Balaban J connectivity index is 2.28. The highest BCUT2D eigenvalue weighted by Gasteiger charge is 2.03. The summed E-state index contributed by atoms with van der Waals surface area (Å²) in [6, 6.07) is 8.97. The first kappa shape index (κ1) is 12.1. The lowest BCUT2D eigenvalue weighted by Gasteiger charge is -2.06. The van der Waals surface area contributed by atoms with Gasteiger partial charge < -0.3 is 5.32 Å². The van der Waals surface area contributed by atoms with Crippen molar-refractivity contribution >= 4 is 45.8 Å². The molecular weight excluding hydrogens is 351 g/mol. The second kappa shape index (κ2) is 5.29. The van der Waals surface area contributed by atoms with Crippen LogP contribution in [0, 0.1) is 14.9 Å². The summed E-state index contributed by atoms with van der Waals surface area (Å²) in [7, 11) is 0. The third kappa shape index (κ3) is 3.05. The summed E-state index contributed by atoms with van der Waals surface area (Å²) < 4.78 is 0.959. The van der Waals surface area contributed by atoms with Crippen molar-refractivity contribution in [1.29, 1.82) is 5.26 Å². The molecule has 0 spiro atoms. The number of hydrogen-bond donors (Lipinski definition) is 1. The minimum absolute atomic E-state index is 0.325. The lowest BCUT2D eigenvalue weighted by Crippen LogP contribution is -1.99. The van der Waals surface area contributed by atoms with Gasteiger partial charge in [-0.1, -0.05) is 11.6 Å². The van der Waals surface area contributed by atoms with E-state index >= 15 is 0 Å². The molecule has 0 saturated carbocycles. The maximum absolute atomic E-state index is 8.73. The highest BCUT2D eigenvalue weighted by Crippen LogP contribution is 2.24. The van der Waals surface area contributed by atoms with Crippen LogP contribution in [0.4, 0.5) is 11.6 Å². The third-order valence-corrected chi connectivity index (χ3v) is 3.08. The van der Waals surface area contributed by atoms with Crippen molar-refractivity contribution in [3.8, 4) is 6.07 Å². The highest BCUT2D eigenvalue weighted by molar-refractivity contribution is 14.1. The molecular formula is C11H6ClIN4. The Hall–Kier alpha value is -1.39. The van der Waals surface area contributed by atoms with Crippen LogP contribution in [0.25, 0.3) is 0 Å². The molecule has 2 aromatic rings. The summed E-state index contributed by atoms with van der Waals surface area (Å²) in [5.41, 5.74) is 1.18. The van der Waals surface area contributed by atoms with E-state index in [1.54, 1.807) is 12.1 Å². The Bertz CT molecular complexity index is 594. The fourth-order valence-electron chi connectivity index (χ4n) is 1.19. The number of nitrogens with one attached hydrogen (secondary N) is 1. The normalized spacial score (nSPS) is 9.71. The van der Waals surface area contributed by atoms with Crippen LogP contribution in [0.2, 0.25) is 5.02 Å². The standard InChI is InChI=1S/C11H6ClIN4/c12-7-1-2-10(9(13)5-7)17-11-15-4-3-8(6-14)16-11/h1-5H,(H,15,16,17). The van der Waals surface area contributed by atoms with Crippen LogP contribution < -0.4 is 5.32 Å². The molecule has 84 valence electrons. The zero-order valence-corrected chi connectivity index (χ0v) is 11.4. The third-order valence-electron chi connectivity index (χ3n) is 1.95. The van der Waals surface area contributed by atoms with Gasteiger partial charge in [-0.25, -0.2) is 9.97 Å². The zero-order valence-electron chi connectivity index (χ0n) is 8.48.